The van der Waals surface area contributed by atoms with Crippen LogP contribution in [0, 0.1) is 17.8 Å². The van der Waals surface area contributed by atoms with E-state index in [-0.39, 0.29) is 41.0 Å². The zero-order chi connectivity index (χ0) is 17.6. The van der Waals surface area contributed by atoms with Crippen molar-refractivity contribution in [3.63, 3.8) is 0 Å². The highest BCUT2D eigenvalue weighted by Gasteiger charge is 2.57. The van der Waals surface area contributed by atoms with Gasteiger partial charge in [-0.1, -0.05) is 18.2 Å². The van der Waals surface area contributed by atoms with Crippen molar-refractivity contribution in [1.29, 1.82) is 0 Å². The van der Waals surface area contributed by atoms with Crippen molar-refractivity contribution >= 4 is 11.9 Å². The number of amides is 1. The standard InChI is InChI=1S/C18H17N3O4/c22-16-7-6-14(20-21(16)10-4-2-1-3-5-10)17(23)19-15-9-13(18(24)25)11-8-12(11)15/h1-7,11-13,15H,8-9H2,(H,19,23)(H,24,25)/t11-,12+,13-,15+/m1/s1. The highest BCUT2D eigenvalue weighted by molar-refractivity contribution is 5.92. The van der Waals surface area contributed by atoms with Crippen LogP contribution in [-0.2, 0) is 4.79 Å². The van der Waals surface area contributed by atoms with Gasteiger partial charge in [0.25, 0.3) is 11.5 Å². The van der Waals surface area contributed by atoms with Gasteiger partial charge in [0.05, 0.1) is 11.6 Å². The molecule has 25 heavy (non-hydrogen) atoms. The third-order valence-electron chi connectivity index (χ3n) is 5.10. The number of para-hydroxylation sites is 1. The molecule has 7 nitrogen and oxygen atoms in total. The first kappa shape index (κ1) is 15.6. The van der Waals surface area contributed by atoms with E-state index in [0.717, 1.165) is 6.42 Å². The van der Waals surface area contributed by atoms with Crippen LogP contribution < -0.4 is 10.9 Å². The molecule has 0 spiro atoms. The summed E-state index contributed by atoms with van der Waals surface area (Å²) in [6.45, 7) is 0. The van der Waals surface area contributed by atoms with E-state index >= 15 is 0 Å². The van der Waals surface area contributed by atoms with E-state index in [4.69, 9.17) is 0 Å². The summed E-state index contributed by atoms with van der Waals surface area (Å²) in [4.78, 5) is 35.7. The van der Waals surface area contributed by atoms with Crippen LogP contribution in [0.25, 0.3) is 5.69 Å². The molecule has 1 aromatic heterocycles. The molecule has 1 amide bonds. The van der Waals surface area contributed by atoms with Gasteiger partial charge in [0, 0.05) is 12.1 Å². The summed E-state index contributed by atoms with van der Waals surface area (Å²) in [5, 5.41) is 16.3. The van der Waals surface area contributed by atoms with Gasteiger partial charge in [-0.2, -0.15) is 9.78 Å². The first-order valence-corrected chi connectivity index (χ1v) is 8.24. The molecule has 0 bridgehead atoms. The molecule has 128 valence electrons. The maximum Gasteiger partial charge on any atom is 0.306 e. The largest absolute Gasteiger partial charge is 0.481 e. The number of benzene rings is 1. The molecule has 0 unspecified atom stereocenters. The molecule has 0 aliphatic heterocycles. The summed E-state index contributed by atoms with van der Waals surface area (Å²) in [5.74, 6) is -1.13. The molecule has 1 aromatic carbocycles. The minimum absolute atomic E-state index is 0.138. The molecule has 2 fully saturated rings. The molecule has 0 saturated heterocycles. The highest BCUT2D eigenvalue weighted by Crippen LogP contribution is 2.55. The number of aliphatic carboxylic acids is 1. The first-order chi connectivity index (χ1) is 12.0. The maximum absolute atomic E-state index is 12.5. The number of rotatable bonds is 4. The van der Waals surface area contributed by atoms with Crippen LogP contribution in [0.2, 0.25) is 0 Å². The Morgan fingerprint density at radius 2 is 1.84 bits per heavy atom. The summed E-state index contributed by atoms with van der Waals surface area (Å²) < 4.78 is 1.18. The molecule has 0 radical (unpaired) electrons. The second-order valence-corrected chi connectivity index (χ2v) is 6.63. The number of nitrogens with one attached hydrogen (secondary N) is 1. The smallest absolute Gasteiger partial charge is 0.306 e. The molecule has 2 aromatic rings. The number of carbonyl (C=O) groups excluding carboxylic acids is 1. The molecule has 2 saturated carbocycles. The molecule has 4 rings (SSSR count). The SMILES string of the molecule is O=C(N[C@H]1C[C@@H](C(=O)O)[C@@H]2C[C@@H]21)c1ccc(=O)n(-c2ccccc2)n1. The molecule has 2 aliphatic carbocycles. The fraction of sp³-hybridized carbons (Fsp3) is 0.333. The van der Waals surface area contributed by atoms with Gasteiger partial charge in [-0.15, -0.1) is 0 Å². The van der Waals surface area contributed by atoms with E-state index in [9.17, 15) is 19.5 Å². The number of hydrogen-bond acceptors (Lipinski definition) is 4. The molecular weight excluding hydrogens is 322 g/mol. The van der Waals surface area contributed by atoms with Crippen LogP contribution in [0.5, 0.6) is 0 Å². The monoisotopic (exact) mass is 339 g/mol. The van der Waals surface area contributed by atoms with Crippen LogP contribution in [0.1, 0.15) is 23.3 Å². The van der Waals surface area contributed by atoms with Gasteiger partial charge in [-0.05, 0) is 42.9 Å². The lowest BCUT2D eigenvalue weighted by Crippen LogP contribution is -2.37. The zero-order valence-corrected chi connectivity index (χ0v) is 13.3. The maximum atomic E-state index is 12.5. The van der Waals surface area contributed by atoms with E-state index in [1.165, 1.54) is 16.8 Å². The van der Waals surface area contributed by atoms with Crippen molar-refractivity contribution < 1.29 is 14.7 Å². The Morgan fingerprint density at radius 3 is 2.52 bits per heavy atom. The minimum atomic E-state index is -0.792. The van der Waals surface area contributed by atoms with Crippen LogP contribution in [0.15, 0.2) is 47.3 Å². The lowest BCUT2D eigenvalue weighted by atomic mass is 10.0. The van der Waals surface area contributed by atoms with Gasteiger partial charge in [0.2, 0.25) is 0 Å². The molecule has 4 atom stereocenters. The van der Waals surface area contributed by atoms with Crippen molar-refractivity contribution in [2.45, 2.75) is 18.9 Å². The average molecular weight is 339 g/mol. The Morgan fingerprint density at radius 1 is 1.08 bits per heavy atom. The predicted molar refractivity (Wildman–Crippen MR) is 88.4 cm³/mol. The summed E-state index contributed by atoms with van der Waals surface area (Å²) in [6.07, 6.45) is 1.30. The molecule has 2 N–H and O–H groups in total. The van der Waals surface area contributed by atoms with Crippen molar-refractivity contribution in [3.05, 3.63) is 58.5 Å². The number of carbonyl (C=O) groups is 2. The summed E-state index contributed by atoms with van der Waals surface area (Å²) in [5.41, 5.74) is 0.396. The summed E-state index contributed by atoms with van der Waals surface area (Å²) in [7, 11) is 0. The Hall–Kier alpha value is -2.96. The Labute approximate surface area is 143 Å². The van der Waals surface area contributed by atoms with Crippen LogP contribution >= 0.6 is 0 Å². The van der Waals surface area contributed by atoms with Crippen molar-refractivity contribution in [2.75, 3.05) is 0 Å². The number of carboxylic acid groups (broad SMARTS) is 1. The van der Waals surface area contributed by atoms with Gasteiger partial charge < -0.3 is 10.4 Å². The van der Waals surface area contributed by atoms with Crippen LogP contribution in [0.3, 0.4) is 0 Å². The van der Waals surface area contributed by atoms with E-state index in [2.05, 4.69) is 10.4 Å². The molecule has 7 heteroatoms. The van der Waals surface area contributed by atoms with Crippen molar-refractivity contribution in [1.82, 2.24) is 15.1 Å². The van der Waals surface area contributed by atoms with E-state index < -0.39 is 5.97 Å². The van der Waals surface area contributed by atoms with E-state index in [1.54, 1.807) is 24.3 Å². The van der Waals surface area contributed by atoms with Crippen molar-refractivity contribution in [3.8, 4) is 5.69 Å². The number of nitrogens with zero attached hydrogens (tertiary/aromatic N) is 2. The average Bonchev–Trinajstić information content (AvgIpc) is 3.32. The van der Waals surface area contributed by atoms with Gasteiger partial charge in [-0.25, -0.2) is 0 Å². The minimum Gasteiger partial charge on any atom is -0.481 e. The van der Waals surface area contributed by atoms with Crippen molar-refractivity contribution in [2.24, 2.45) is 17.8 Å². The third kappa shape index (κ3) is 2.82. The lowest BCUT2D eigenvalue weighted by molar-refractivity contribution is -0.142. The lowest BCUT2D eigenvalue weighted by Gasteiger charge is -2.16. The predicted octanol–water partition coefficient (Wildman–Crippen LogP) is 1.07. The molecular formula is C18H17N3O4. The Kier molecular flexibility index (Phi) is 3.63. The zero-order valence-electron chi connectivity index (χ0n) is 13.3. The first-order valence-electron chi connectivity index (χ1n) is 8.24. The van der Waals surface area contributed by atoms with Gasteiger partial charge in [0.15, 0.2) is 0 Å². The summed E-state index contributed by atoms with van der Waals surface area (Å²) in [6, 6.07) is 11.4. The van der Waals surface area contributed by atoms with Crippen LogP contribution in [0.4, 0.5) is 0 Å². The fourth-order valence-corrected chi connectivity index (χ4v) is 3.76. The second-order valence-electron chi connectivity index (χ2n) is 6.63. The highest BCUT2D eigenvalue weighted by atomic mass is 16.4. The Balaban J connectivity index is 1.54. The molecule has 1 heterocycles. The fourth-order valence-electron chi connectivity index (χ4n) is 3.76. The van der Waals surface area contributed by atoms with E-state index in [1.807, 2.05) is 6.07 Å². The topological polar surface area (TPSA) is 101 Å². The van der Waals surface area contributed by atoms with E-state index in [0.29, 0.717) is 12.1 Å². The molecule has 2 aliphatic rings. The van der Waals surface area contributed by atoms with Gasteiger partial charge in [0.1, 0.15) is 5.69 Å². The number of carboxylic acids is 1. The number of aromatic nitrogens is 2. The normalized spacial score (nSPS) is 26.7. The van der Waals surface area contributed by atoms with Crippen LogP contribution in [-0.4, -0.2) is 32.8 Å². The summed E-state index contributed by atoms with van der Waals surface area (Å²) >= 11 is 0. The van der Waals surface area contributed by atoms with Gasteiger partial charge >= 0.3 is 5.97 Å². The number of fused-ring (bicyclic) bond motifs is 1. The Bertz CT molecular complexity index is 893. The number of hydrogen-bond donors (Lipinski definition) is 2. The van der Waals surface area contributed by atoms with Gasteiger partial charge in [-0.3, -0.25) is 14.4 Å². The third-order valence-corrected chi connectivity index (χ3v) is 5.10. The quantitative estimate of drug-likeness (QED) is 0.868. The second kappa shape index (κ2) is 5.84.